The van der Waals surface area contributed by atoms with Crippen LogP contribution < -0.4 is 11.3 Å². The van der Waals surface area contributed by atoms with Gasteiger partial charge in [-0.3, -0.25) is 0 Å². The molecule has 0 aliphatic carbocycles. The van der Waals surface area contributed by atoms with E-state index in [0.29, 0.717) is 5.82 Å². The van der Waals surface area contributed by atoms with Gasteiger partial charge in [-0.05, 0) is 6.92 Å². The zero-order valence-corrected chi connectivity index (χ0v) is 5.13. The van der Waals surface area contributed by atoms with Crippen molar-refractivity contribution in [1.82, 2.24) is 9.97 Å². The fraction of sp³-hybridized carbons (Fsp3) is 0.200. The molecule has 0 aromatic carbocycles. The summed E-state index contributed by atoms with van der Waals surface area (Å²) >= 11 is 0. The van der Waals surface area contributed by atoms with Gasteiger partial charge in [0.15, 0.2) is 0 Å². The average molecular weight is 124 g/mol. The predicted octanol–water partition coefficient (Wildman–Crippen LogP) is 0.0706. The molecule has 4 nitrogen and oxygen atoms in total. The van der Waals surface area contributed by atoms with E-state index in [0.717, 1.165) is 5.69 Å². The Bertz CT molecular complexity index is 198. The molecule has 1 aromatic rings. The van der Waals surface area contributed by atoms with E-state index in [1.54, 1.807) is 6.07 Å². The van der Waals surface area contributed by atoms with Crippen molar-refractivity contribution in [1.29, 1.82) is 0 Å². The summed E-state index contributed by atoms with van der Waals surface area (Å²) in [5, 5.41) is 0. The number of nitrogens with one attached hydrogen (secondary N) is 1. The Kier molecular flexibility index (Phi) is 1.60. The lowest BCUT2D eigenvalue weighted by Gasteiger charge is -1.96. The highest BCUT2D eigenvalue weighted by Gasteiger charge is 1.87. The minimum Gasteiger partial charge on any atom is -0.308 e. The van der Waals surface area contributed by atoms with Crippen LogP contribution in [0.25, 0.3) is 0 Å². The molecule has 3 N–H and O–H groups in total. The first-order valence-corrected chi connectivity index (χ1v) is 2.58. The van der Waals surface area contributed by atoms with Crippen LogP contribution in [-0.4, -0.2) is 9.97 Å². The van der Waals surface area contributed by atoms with Crippen molar-refractivity contribution in [2.24, 2.45) is 5.84 Å². The van der Waals surface area contributed by atoms with E-state index < -0.39 is 0 Å². The maximum absolute atomic E-state index is 5.08. The molecular formula is C5H8N4. The molecule has 0 saturated carbocycles. The highest BCUT2D eigenvalue weighted by Crippen LogP contribution is 1.98. The maximum atomic E-state index is 5.08. The fourth-order valence-corrected chi connectivity index (χ4v) is 0.533. The van der Waals surface area contributed by atoms with Crippen molar-refractivity contribution < 1.29 is 0 Å². The van der Waals surface area contributed by atoms with Crippen LogP contribution in [0.4, 0.5) is 5.82 Å². The van der Waals surface area contributed by atoms with Crippen molar-refractivity contribution in [2.75, 3.05) is 5.43 Å². The molecule has 48 valence electrons. The number of hydrazine groups is 1. The molecule has 0 spiro atoms. The molecule has 0 atom stereocenters. The molecule has 0 unspecified atom stereocenters. The molecule has 9 heavy (non-hydrogen) atoms. The van der Waals surface area contributed by atoms with Crippen LogP contribution >= 0.6 is 0 Å². The number of nitrogen functional groups attached to an aromatic ring is 1. The standard InChI is InChI=1S/C5H8N4/c1-4-2-5(9-6)8-3-7-4/h2-3H,6H2,1H3,(H,7,8,9). The number of hydrogen-bond acceptors (Lipinski definition) is 4. The van der Waals surface area contributed by atoms with Crippen LogP contribution in [0.15, 0.2) is 12.4 Å². The third kappa shape index (κ3) is 1.36. The number of nitrogens with zero attached hydrogens (tertiary/aromatic N) is 2. The van der Waals surface area contributed by atoms with Gasteiger partial charge in [0.05, 0.1) is 0 Å². The van der Waals surface area contributed by atoms with Crippen LogP contribution in [0.2, 0.25) is 0 Å². The molecule has 0 bridgehead atoms. The van der Waals surface area contributed by atoms with Crippen molar-refractivity contribution in [3.63, 3.8) is 0 Å². The largest absolute Gasteiger partial charge is 0.308 e. The lowest BCUT2D eigenvalue weighted by Crippen LogP contribution is -2.08. The van der Waals surface area contributed by atoms with Gasteiger partial charge in [0, 0.05) is 11.8 Å². The summed E-state index contributed by atoms with van der Waals surface area (Å²) in [6.45, 7) is 1.88. The van der Waals surface area contributed by atoms with E-state index in [-0.39, 0.29) is 0 Å². The van der Waals surface area contributed by atoms with Gasteiger partial charge < -0.3 is 5.43 Å². The van der Waals surface area contributed by atoms with E-state index in [4.69, 9.17) is 5.84 Å². The minimum absolute atomic E-state index is 0.641. The molecular weight excluding hydrogens is 116 g/mol. The lowest BCUT2D eigenvalue weighted by atomic mass is 10.4. The summed E-state index contributed by atoms with van der Waals surface area (Å²) in [7, 11) is 0. The highest BCUT2D eigenvalue weighted by molar-refractivity contribution is 5.32. The van der Waals surface area contributed by atoms with Gasteiger partial charge in [-0.25, -0.2) is 15.8 Å². The molecule has 0 amide bonds. The third-order valence-electron chi connectivity index (χ3n) is 0.952. The van der Waals surface area contributed by atoms with Crippen LogP contribution in [0.3, 0.4) is 0 Å². The molecule has 0 fully saturated rings. The summed E-state index contributed by atoms with van der Waals surface area (Å²) in [6, 6.07) is 1.76. The number of nitrogens with two attached hydrogens (primary N) is 1. The zero-order valence-electron chi connectivity index (χ0n) is 5.13. The monoisotopic (exact) mass is 124 g/mol. The molecule has 4 heteroatoms. The fourth-order valence-electron chi connectivity index (χ4n) is 0.533. The molecule has 0 saturated heterocycles. The normalized spacial score (nSPS) is 9.11. The van der Waals surface area contributed by atoms with Gasteiger partial charge in [0.2, 0.25) is 0 Å². The van der Waals surface area contributed by atoms with E-state index in [1.165, 1.54) is 6.33 Å². The number of rotatable bonds is 1. The number of anilines is 1. The lowest BCUT2D eigenvalue weighted by molar-refractivity contribution is 1.09. The molecule has 1 heterocycles. The van der Waals surface area contributed by atoms with Crippen molar-refractivity contribution in [3.05, 3.63) is 18.1 Å². The first-order chi connectivity index (χ1) is 4.33. The van der Waals surface area contributed by atoms with Gasteiger partial charge in [-0.2, -0.15) is 0 Å². The number of aryl methyl sites for hydroxylation is 1. The Morgan fingerprint density at radius 3 is 2.78 bits per heavy atom. The van der Waals surface area contributed by atoms with Gasteiger partial charge in [0.25, 0.3) is 0 Å². The van der Waals surface area contributed by atoms with Gasteiger partial charge in [-0.15, -0.1) is 0 Å². The predicted molar refractivity (Wildman–Crippen MR) is 34.6 cm³/mol. The first kappa shape index (κ1) is 5.97. The Hall–Kier alpha value is -1.16. The second-order valence-corrected chi connectivity index (χ2v) is 1.69. The molecule has 0 radical (unpaired) electrons. The highest BCUT2D eigenvalue weighted by atomic mass is 15.2. The summed E-state index contributed by atoms with van der Waals surface area (Å²) in [5.41, 5.74) is 3.32. The minimum atomic E-state index is 0.641. The molecule has 1 rings (SSSR count). The quantitative estimate of drug-likeness (QED) is 0.411. The third-order valence-corrected chi connectivity index (χ3v) is 0.952. The van der Waals surface area contributed by atoms with Crippen LogP contribution in [0.5, 0.6) is 0 Å². The van der Waals surface area contributed by atoms with Crippen LogP contribution in [0, 0.1) is 6.92 Å². The van der Waals surface area contributed by atoms with Crippen molar-refractivity contribution in [2.45, 2.75) is 6.92 Å². The molecule has 0 aliphatic heterocycles. The second kappa shape index (κ2) is 2.41. The second-order valence-electron chi connectivity index (χ2n) is 1.69. The van der Waals surface area contributed by atoms with Gasteiger partial charge in [0.1, 0.15) is 12.1 Å². The van der Waals surface area contributed by atoms with Crippen LogP contribution in [0.1, 0.15) is 5.69 Å². The smallest absolute Gasteiger partial charge is 0.143 e. The molecule has 1 aromatic heterocycles. The Labute approximate surface area is 53.1 Å². The van der Waals surface area contributed by atoms with E-state index >= 15 is 0 Å². The first-order valence-electron chi connectivity index (χ1n) is 2.58. The summed E-state index contributed by atoms with van der Waals surface area (Å²) < 4.78 is 0. The topological polar surface area (TPSA) is 63.8 Å². The Balaban J connectivity index is 2.94. The van der Waals surface area contributed by atoms with E-state index in [9.17, 15) is 0 Å². The summed E-state index contributed by atoms with van der Waals surface area (Å²) in [5.74, 6) is 5.72. The summed E-state index contributed by atoms with van der Waals surface area (Å²) in [4.78, 5) is 7.69. The van der Waals surface area contributed by atoms with E-state index in [2.05, 4.69) is 15.4 Å². The Morgan fingerprint density at radius 1 is 1.56 bits per heavy atom. The van der Waals surface area contributed by atoms with Crippen LogP contribution in [-0.2, 0) is 0 Å². The maximum Gasteiger partial charge on any atom is 0.143 e. The number of hydrogen-bond donors (Lipinski definition) is 2. The SMILES string of the molecule is Cc1cc(NN)ncn1. The molecule has 0 aliphatic rings. The number of aromatic nitrogens is 2. The van der Waals surface area contributed by atoms with Crippen molar-refractivity contribution >= 4 is 5.82 Å². The zero-order chi connectivity index (χ0) is 6.69. The van der Waals surface area contributed by atoms with Crippen molar-refractivity contribution in [3.8, 4) is 0 Å². The Morgan fingerprint density at radius 2 is 2.33 bits per heavy atom. The van der Waals surface area contributed by atoms with Gasteiger partial charge in [-0.1, -0.05) is 0 Å². The average Bonchev–Trinajstić information content (AvgIpc) is 1.88. The summed E-state index contributed by atoms with van der Waals surface area (Å²) in [6.07, 6.45) is 1.46. The van der Waals surface area contributed by atoms with E-state index in [1.807, 2.05) is 6.92 Å². The van der Waals surface area contributed by atoms with Gasteiger partial charge >= 0.3 is 0 Å².